The first-order chi connectivity index (χ1) is 6.95. The standard InChI is InChI=1S/C10H14N4/c1-2-5-9(6-3-1)12-14-10-7-4-8-11-13-10/h4,7-8H,1-3,5-6H2,(H,13,14). The second-order valence-electron chi connectivity index (χ2n) is 3.46. The molecule has 4 nitrogen and oxygen atoms in total. The summed E-state index contributed by atoms with van der Waals surface area (Å²) in [5.74, 6) is 0.713. The predicted octanol–water partition coefficient (Wildman–Crippen LogP) is 2.21. The molecule has 1 aliphatic carbocycles. The summed E-state index contributed by atoms with van der Waals surface area (Å²) in [5.41, 5.74) is 4.18. The van der Waals surface area contributed by atoms with Crippen molar-refractivity contribution in [1.29, 1.82) is 0 Å². The Labute approximate surface area is 83.4 Å². The van der Waals surface area contributed by atoms with Crippen molar-refractivity contribution in [2.75, 3.05) is 5.43 Å². The zero-order valence-electron chi connectivity index (χ0n) is 8.11. The van der Waals surface area contributed by atoms with Crippen molar-refractivity contribution in [2.24, 2.45) is 5.10 Å². The van der Waals surface area contributed by atoms with Crippen LogP contribution < -0.4 is 5.43 Å². The van der Waals surface area contributed by atoms with Gasteiger partial charge in [0.2, 0.25) is 0 Å². The average molecular weight is 190 g/mol. The molecule has 2 rings (SSSR count). The van der Waals surface area contributed by atoms with E-state index >= 15 is 0 Å². The fourth-order valence-corrected chi connectivity index (χ4v) is 1.57. The van der Waals surface area contributed by atoms with E-state index in [1.165, 1.54) is 25.0 Å². The average Bonchev–Trinajstić information content (AvgIpc) is 2.29. The molecule has 0 amide bonds. The lowest BCUT2D eigenvalue weighted by molar-refractivity contribution is 0.665. The molecule has 1 aromatic rings. The van der Waals surface area contributed by atoms with Gasteiger partial charge in [-0.2, -0.15) is 10.2 Å². The van der Waals surface area contributed by atoms with E-state index in [0.29, 0.717) is 5.82 Å². The van der Waals surface area contributed by atoms with Crippen molar-refractivity contribution in [1.82, 2.24) is 10.2 Å². The van der Waals surface area contributed by atoms with Crippen LogP contribution in [0.4, 0.5) is 5.82 Å². The fourth-order valence-electron chi connectivity index (χ4n) is 1.57. The maximum atomic E-state index is 4.32. The first-order valence-corrected chi connectivity index (χ1v) is 5.04. The van der Waals surface area contributed by atoms with Gasteiger partial charge < -0.3 is 0 Å². The first kappa shape index (κ1) is 9.12. The van der Waals surface area contributed by atoms with Crippen LogP contribution >= 0.6 is 0 Å². The maximum Gasteiger partial charge on any atom is 0.168 e. The van der Waals surface area contributed by atoms with Gasteiger partial charge in [-0.25, -0.2) is 0 Å². The van der Waals surface area contributed by atoms with E-state index in [0.717, 1.165) is 12.8 Å². The van der Waals surface area contributed by atoms with Crippen molar-refractivity contribution in [2.45, 2.75) is 32.1 Å². The molecule has 74 valence electrons. The van der Waals surface area contributed by atoms with E-state index in [4.69, 9.17) is 0 Å². The fraction of sp³-hybridized carbons (Fsp3) is 0.500. The van der Waals surface area contributed by atoms with Crippen LogP contribution in [0.2, 0.25) is 0 Å². The Bertz CT molecular complexity index is 299. The Morgan fingerprint density at radius 2 is 2.07 bits per heavy atom. The molecule has 4 heteroatoms. The van der Waals surface area contributed by atoms with Crippen LogP contribution in [0.5, 0.6) is 0 Å². The molecule has 1 aliphatic rings. The monoisotopic (exact) mass is 190 g/mol. The van der Waals surface area contributed by atoms with Crippen LogP contribution in [-0.2, 0) is 0 Å². The van der Waals surface area contributed by atoms with Gasteiger partial charge in [0.25, 0.3) is 0 Å². The Balaban J connectivity index is 1.92. The normalized spacial score (nSPS) is 16.4. The van der Waals surface area contributed by atoms with Gasteiger partial charge >= 0.3 is 0 Å². The topological polar surface area (TPSA) is 50.2 Å². The minimum Gasteiger partial charge on any atom is -0.260 e. The van der Waals surface area contributed by atoms with Crippen molar-refractivity contribution >= 4 is 11.5 Å². The van der Waals surface area contributed by atoms with Gasteiger partial charge in [-0.1, -0.05) is 6.42 Å². The maximum absolute atomic E-state index is 4.32. The van der Waals surface area contributed by atoms with Gasteiger partial charge in [0, 0.05) is 11.9 Å². The zero-order chi connectivity index (χ0) is 9.64. The minimum absolute atomic E-state index is 0.713. The van der Waals surface area contributed by atoms with E-state index in [9.17, 15) is 0 Å². The summed E-state index contributed by atoms with van der Waals surface area (Å²) >= 11 is 0. The van der Waals surface area contributed by atoms with Gasteiger partial charge in [-0.05, 0) is 37.8 Å². The second-order valence-corrected chi connectivity index (χ2v) is 3.46. The third kappa shape index (κ3) is 2.52. The highest BCUT2D eigenvalue weighted by molar-refractivity contribution is 5.85. The summed E-state index contributed by atoms with van der Waals surface area (Å²) in [6, 6.07) is 3.70. The number of anilines is 1. The Hall–Kier alpha value is -1.45. The van der Waals surface area contributed by atoms with Crippen LogP contribution in [0.25, 0.3) is 0 Å². The summed E-state index contributed by atoms with van der Waals surface area (Å²) in [4.78, 5) is 0. The molecule has 0 saturated heterocycles. The molecule has 0 spiro atoms. The number of aromatic nitrogens is 2. The quantitative estimate of drug-likeness (QED) is 0.727. The number of hydrogen-bond acceptors (Lipinski definition) is 4. The Morgan fingerprint density at radius 3 is 2.79 bits per heavy atom. The highest BCUT2D eigenvalue weighted by Crippen LogP contribution is 2.14. The molecule has 0 bridgehead atoms. The van der Waals surface area contributed by atoms with E-state index in [2.05, 4.69) is 20.7 Å². The number of nitrogens with zero attached hydrogens (tertiary/aromatic N) is 3. The molecule has 0 aliphatic heterocycles. The highest BCUT2D eigenvalue weighted by Gasteiger charge is 2.06. The number of rotatable bonds is 2. The van der Waals surface area contributed by atoms with Crippen molar-refractivity contribution < 1.29 is 0 Å². The van der Waals surface area contributed by atoms with E-state index in [1.807, 2.05) is 12.1 Å². The SMILES string of the molecule is c1cnnc(NN=C2CCCCC2)c1. The molecule has 0 unspecified atom stereocenters. The van der Waals surface area contributed by atoms with E-state index in [-0.39, 0.29) is 0 Å². The molecule has 1 aromatic heterocycles. The third-order valence-electron chi connectivity index (χ3n) is 2.33. The summed E-state index contributed by atoms with van der Waals surface area (Å²) in [5, 5.41) is 12.0. The summed E-state index contributed by atoms with van der Waals surface area (Å²) in [6.45, 7) is 0. The molecule has 14 heavy (non-hydrogen) atoms. The van der Waals surface area contributed by atoms with Crippen molar-refractivity contribution in [3.05, 3.63) is 18.3 Å². The van der Waals surface area contributed by atoms with Gasteiger partial charge in [-0.3, -0.25) is 5.43 Å². The molecule has 1 saturated carbocycles. The number of hydrogen-bond donors (Lipinski definition) is 1. The Morgan fingerprint density at radius 1 is 1.21 bits per heavy atom. The number of hydrazone groups is 1. The molecule has 0 atom stereocenters. The smallest absolute Gasteiger partial charge is 0.168 e. The lowest BCUT2D eigenvalue weighted by atomic mass is 9.99. The number of nitrogens with one attached hydrogen (secondary N) is 1. The minimum atomic E-state index is 0.713. The van der Waals surface area contributed by atoms with Crippen LogP contribution in [0.1, 0.15) is 32.1 Å². The van der Waals surface area contributed by atoms with Gasteiger partial charge in [0.05, 0.1) is 0 Å². The van der Waals surface area contributed by atoms with E-state index < -0.39 is 0 Å². The summed E-state index contributed by atoms with van der Waals surface area (Å²) < 4.78 is 0. The van der Waals surface area contributed by atoms with Crippen LogP contribution in [0.3, 0.4) is 0 Å². The van der Waals surface area contributed by atoms with Crippen LogP contribution in [-0.4, -0.2) is 15.9 Å². The molecule has 0 radical (unpaired) electrons. The third-order valence-corrected chi connectivity index (χ3v) is 2.33. The highest BCUT2D eigenvalue weighted by atomic mass is 15.3. The summed E-state index contributed by atoms with van der Waals surface area (Å²) in [7, 11) is 0. The van der Waals surface area contributed by atoms with Gasteiger partial charge in [0.1, 0.15) is 0 Å². The molecule has 1 fully saturated rings. The summed E-state index contributed by atoms with van der Waals surface area (Å²) in [6.07, 6.45) is 7.76. The molecule has 1 heterocycles. The molecular weight excluding hydrogens is 176 g/mol. The lowest BCUT2D eigenvalue weighted by Gasteiger charge is -2.11. The molecular formula is C10H14N4. The van der Waals surface area contributed by atoms with Gasteiger partial charge in [-0.15, -0.1) is 5.10 Å². The predicted molar refractivity (Wildman–Crippen MR) is 56.2 cm³/mol. The van der Waals surface area contributed by atoms with Gasteiger partial charge in [0.15, 0.2) is 5.82 Å². The zero-order valence-corrected chi connectivity index (χ0v) is 8.11. The van der Waals surface area contributed by atoms with Crippen LogP contribution in [0.15, 0.2) is 23.4 Å². The Kier molecular flexibility index (Phi) is 3.06. The lowest BCUT2D eigenvalue weighted by Crippen LogP contribution is -2.07. The first-order valence-electron chi connectivity index (χ1n) is 5.04. The van der Waals surface area contributed by atoms with Crippen molar-refractivity contribution in [3.8, 4) is 0 Å². The van der Waals surface area contributed by atoms with E-state index in [1.54, 1.807) is 6.20 Å². The molecule has 1 N–H and O–H groups in total. The van der Waals surface area contributed by atoms with Crippen LogP contribution in [0, 0.1) is 0 Å². The second kappa shape index (κ2) is 4.69. The molecule has 0 aromatic carbocycles. The van der Waals surface area contributed by atoms with Crippen molar-refractivity contribution in [3.63, 3.8) is 0 Å². The largest absolute Gasteiger partial charge is 0.260 e.